The molecule has 3 rings (SSSR count). The maximum Gasteiger partial charge on any atom is 0.261 e. The van der Waals surface area contributed by atoms with Crippen LogP contribution in [0.1, 0.15) is 18.5 Å². The Balaban J connectivity index is 1.76. The van der Waals surface area contributed by atoms with Gasteiger partial charge in [0, 0.05) is 5.02 Å². The molecule has 1 N–H and O–H groups in total. The van der Waals surface area contributed by atoms with E-state index in [9.17, 15) is 14.0 Å². The van der Waals surface area contributed by atoms with Crippen LogP contribution in [-0.2, 0) is 11.3 Å². The number of hydrogen-bond acceptors (Lipinski definition) is 3. The van der Waals surface area contributed by atoms with Crippen LogP contribution >= 0.6 is 11.6 Å². The van der Waals surface area contributed by atoms with Gasteiger partial charge in [-0.25, -0.2) is 9.37 Å². The second-order valence-electron chi connectivity index (χ2n) is 5.68. The third-order valence-corrected chi connectivity index (χ3v) is 4.08. The van der Waals surface area contributed by atoms with Gasteiger partial charge in [0.1, 0.15) is 12.4 Å². The lowest BCUT2D eigenvalue weighted by molar-refractivity contribution is -0.122. The van der Waals surface area contributed by atoms with E-state index in [-0.39, 0.29) is 29.9 Å². The summed E-state index contributed by atoms with van der Waals surface area (Å²) >= 11 is 5.91. The first-order chi connectivity index (χ1) is 11.9. The van der Waals surface area contributed by atoms with Crippen molar-refractivity contribution in [3.63, 3.8) is 0 Å². The second-order valence-corrected chi connectivity index (χ2v) is 6.12. The first kappa shape index (κ1) is 17.1. The van der Waals surface area contributed by atoms with Gasteiger partial charge >= 0.3 is 0 Å². The number of aromatic nitrogens is 2. The molecule has 1 aromatic heterocycles. The third-order valence-electron chi connectivity index (χ3n) is 3.85. The molecular weight excluding hydrogens is 345 g/mol. The predicted octanol–water partition coefficient (Wildman–Crippen LogP) is 3.07. The smallest absolute Gasteiger partial charge is 0.261 e. The molecule has 0 bridgehead atoms. The van der Waals surface area contributed by atoms with Crippen LogP contribution in [0, 0.1) is 5.82 Å². The van der Waals surface area contributed by atoms with Crippen LogP contribution in [0.25, 0.3) is 10.9 Å². The van der Waals surface area contributed by atoms with Crippen LogP contribution in [-0.4, -0.2) is 15.5 Å². The largest absolute Gasteiger partial charge is 0.348 e. The molecule has 7 heteroatoms. The number of nitrogens with zero attached hydrogens (tertiary/aromatic N) is 2. The number of carbonyl (C=O) groups excluding carboxylic acids is 1. The zero-order chi connectivity index (χ0) is 18.0. The monoisotopic (exact) mass is 359 g/mol. The summed E-state index contributed by atoms with van der Waals surface area (Å²) in [5, 5.41) is 3.56. The highest BCUT2D eigenvalue weighted by molar-refractivity contribution is 6.31. The van der Waals surface area contributed by atoms with Gasteiger partial charge in [-0.1, -0.05) is 23.7 Å². The Morgan fingerprint density at radius 2 is 2.00 bits per heavy atom. The Morgan fingerprint density at radius 1 is 1.28 bits per heavy atom. The van der Waals surface area contributed by atoms with Gasteiger partial charge in [0.25, 0.3) is 5.56 Å². The Labute approximate surface area is 148 Å². The van der Waals surface area contributed by atoms with Gasteiger partial charge in [0.05, 0.1) is 23.3 Å². The van der Waals surface area contributed by atoms with Crippen LogP contribution in [0.4, 0.5) is 4.39 Å². The normalized spacial score (nSPS) is 12.1. The van der Waals surface area contributed by atoms with Gasteiger partial charge in [-0.15, -0.1) is 0 Å². The van der Waals surface area contributed by atoms with Crippen molar-refractivity contribution >= 4 is 28.4 Å². The fourth-order valence-corrected chi connectivity index (χ4v) is 2.69. The number of nitrogens with one attached hydrogen (secondary N) is 1. The minimum atomic E-state index is -0.345. The Morgan fingerprint density at radius 3 is 2.72 bits per heavy atom. The van der Waals surface area contributed by atoms with E-state index < -0.39 is 0 Å². The van der Waals surface area contributed by atoms with Gasteiger partial charge in [-0.3, -0.25) is 14.2 Å². The van der Waals surface area contributed by atoms with Crippen molar-refractivity contribution in [2.45, 2.75) is 19.5 Å². The average molecular weight is 360 g/mol. The summed E-state index contributed by atoms with van der Waals surface area (Å²) in [6.45, 7) is 1.62. The zero-order valence-corrected chi connectivity index (χ0v) is 14.1. The van der Waals surface area contributed by atoms with Crippen molar-refractivity contribution in [3.8, 4) is 0 Å². The molecule has 1 amide bonds. The van der Waals surface area contributed by atoms with E-state index in [2.05, 4.69) is 10.3 Å². The van der Waals surface area contributed by atoms with E-state index in [1.165, 1.54) is 29.1 Å². The molecule has 0 spiro atoms. The topological polar surface area (TPSA) is 64.0 Å². The van der Waals surface area contributed by atoms with E-state index in [4.69, 9.17) is 11.6 Å². The molecule has 0 saturated carbocycles. The number of rotatable bonds is 4. The van der Waals surface area contributed by atoms with E-state index in [0.29, 0.717) is 15.9 Å². The Bertz CT molecular complexity index is 986. The van der Waals surface area contributed by atoms with Crippen molar-refractivity contribution in [2.75, 3.05) is 0 Å². The van der Waals surface area contributed by atoms with Crippen LogP contribution in [0.15, 0.2) is 53.6 Å². The summed E-state index contributed by atoms with van der Waals surface area (Å²) in [5.74, 6) is -0.683. The molecule has 1 atom stereocenters. The summed E-state index contributed by atoms with van der Waals surface area (Å²) in [4.78, 5) is 28.8. The number of halogens is 2. The van der Waals surface area contributed by atoms with E-state index in [1.807, 2.05) is 0 Å². The molecule has 128 valence electrons. The van der Waals surface area contributed by atoms with E-state index in [0.717, 1.165) is 5.56 Å². The highest BCUT2D eigenvalue weighted by Crippen LogP contribution is 2.14. The molecular formula is C18H15ClFN3O2. The fourth-order valence-electron chi connectivity index (χ4n) is 2.52. The van der Waals surface area contributed by atoms with Gasteiger partial charge in [0.2, 0.25) is 5.91 Å². The third kappa shape index (κ3) is 3.85. The van der Waals surface area contributed by atoms with Crippen molar-refractivity contribution in [1.82, 2.24) is 14.9 Å². The molecule has 0 aliphatic heterocycles. The first-order valence-electron chi connectivity index (χ1n) is 7.63. The number of hydrogen-bond donors (Lipinski definition) is 1. The fraction of sp³-hybridized carbons (Fsp3) is 0.167. The van der Waals surface area contributed by atoms with E-state index in [1.54, 1.807) is 31.2 Å². The summed E-state index contributed by atoms with van der Waals surface area (Å²) < 4.78 is 14.2. The van der Waals surface area contributed by atoms with Crippen LogP contribution in [0.2, 0.25) is 5.02 Å². The lowest BCUT2D eigenvalue weighted by atomic mass is 10.1. The molecule has 0 fully saturated rings. The quantitative estimate of drug-likeness (QED) is 0.778. The lowest BCUT2D eigenvalue weighted by Crippen LogP contribution is -2.34. The summed E-state index contributed by atoms with van der Waals surface area (Å²) in [7, 11) is 0. The molecule has 25 heavy (non-hydrogen) atoms. The van der Waals surface area contributed by atoms with Gasteiger partial charge < -0.3 is 5.32 Å². The number of fused-ring (bicyclic) bond motifs is 1. The Hall–Kier alpha value is -2.73. The van der Waals surface area contributed by atoms with Crippen LogP contribution in [0.3, 0.4) is 0 Å². The highest BCUT2D eigenvalue weighted by atomic mass is 35.5. The molecule has 0 radical (unpaired) electrons. The maximum atomic E-state index is 13.0. The van der Waals surface area contributed by atoms with Crippen LogP contribution in [0.5, 0.6) is 0 Å². The van der Waals surface area contributed by atoms with Gasteiger partial charge in [-0.05, 0) is 42.8 Å². The predicted molar refractivity (Wildman–Crippen MR) is 94.0 cm³/mol. The van der Waals surface area contributed by atoms with Crippen molar-refractivity contribution in [1.29, 1.82) is 0 Å². The van der Waals surface area contributed by atoms with Crippen molar-refractivity contribution in [3.05, 3.63) is 75.5 Å². The van der Waals surface area contributed by atoms with Gasteiger partial charge in [-0.2, -0.15) is 0 Å². The minimum Gasteiger partial charge on any atom is -0.348 e. The minimum absolute atomic E-state index is 0.167. The number of carbonyl (C=O) groups is 1. The van der Waals surface area contributed by atoms with Gasteiger partial charge in [0.15, 0.2) is 0 Å². The SMILES string of the molecule is CC(NC(=O)Cn1cnc2ccc(Cl)cc2c1=O)c1ccc(F)cc1. The standard InChI is InChI=1S/C18H15ClFN3O2/c1-11(12-2-5-14(20)6-3-12)22-17(24)9-23-10-21-16-7-4-13(19)8-15(16)18(23)25/h2-8,10-11H,9H2,1H3,(H,22,24). The van der Waals surface area contributed by atoms with Crippen LogP contribution < -0.4 is 10.9 Å². The molecule has 5 nitrogen and oxygen atoms in total. The second kappa shape index (κ2) is 7.03. The van der Waals surface area contributed by atoms with Crippen molar-refractivity contribution < 1.29 is 9.18 Å². The molecule has 0 saturated heterocycles. The first-order valence-corrected chi connectivity index (χ1v) is 8.01. The maximum absolute atomic E-state index is 13.0. The van der Waals surface area contributed by atoms with E-state index >= 15 is 0 Å². The molecule has 0 aliphatic rings. The summed E-state index contributed by atoms with van der Waals surface area (Å²) in [5.41, 5.74) is 0.952. The number of benzene rings is 2. The Kier molecular flexibility index (Phi) is 4.81. The van der Waals surface area contributed by atoms with Crippen molar-refractivity contribution in [2.24, 2.45) is 0 Å². The molecule has 3 aromatic rings. The molecule has 0 aliphatic carbocycles. The molecule has 2 aromatic carbocycles. The zero-order valence-electron chi connectivity index (χ0n) is 13.4. The summed E-state index contributed by atoms with van der Waals surface area (Å²) in [6, 6.07) is 10.4. The average Bonchev–Trinajstić information content (AvgIpc) is 2.58. The summed E-state index contributed by atoms with van der Waals surface area (Å²) in [6.07, 6.45) is 1.33. The molecule has 1 unspecified atom stereocenters. The lowest BCUT2D eigenvalue weighted by Gasteiger charge is -2.15. The molecule has 1 heterocycles. The number of amides is 1. The highest BCUT2D eigenvalue weighted by Gasteiger charge is 2.12.